The molecule has 0 radical (unpaired) electrons. The maximum atomic E-state index is 12.2. The summed E-state index contributed by atoms with van der Waals surface area (Å²) in [6.45, 7) is 2.02. The minimum atomic E-state index is -0.249. The fourth-order valence-corrected chi connectivity index (χ4v) is 3.05. The Morgan fingerprint density at radius 2 is 1.87 bits per heavy atom. The van der Waals surface area contributed by atoms with Crippen molar-refractivity contribution in [1.82, 2.24) is 4.98 Å². The van der Waals surface area contributed by atoms with Gasteiger partial charge in [0.05, 0.1) is 7.11 Å². The van der Waals surface area contributed by atoms with Gasteiger partial charge >= 0.3 is 0 Å². The second-order valence-corrected chi connectivity index (χ2v) is 6.77. The average Bonchev–Trinajstić information content (AvgIpc) is 3.21. The number of nitrogens with one attached hydrogen (secondary N) is 1. The first kappa shape index (κ1) is 19.5. The summed E-state index contributed by atoms with van der Waals surface area (Å²) in [7, 11) is 1.62. The molecule has 30 heavy (non-hydrogen) atoms. The topological polar surface area (TPSA) is 73.6 Å². The number of oxazole rings is 1. The van der Waals surface area contributed by atoms with Gasteiger partial charge in [0.1, 0.15) is 17.0 Å². The van der Waals surface area contributed by atoms with Crippen molar-refractivity contribution in [2.24, 2.45) is 0 Å². The zero-order valence-corrected chi connectivity index (χ0v) is 16.8. The highest BCUT2D eigenvalue weighted by Gasteiger charge is 2.11. The van der Waals surface area contributed by atoms with Crippen molar-refractivity contribution in [3.63, 3.8) is 0 Å². The first-order valence-corrected chi connectivity index (χ1v) is 9.71. The van der Waals surface area contributed by atoms with E-state index in [-0.39, 0.29) is 12.5 Å². The summed E-state index contributed by atoms with van der Waals surface area (Å²) in [6, 6.07) is 20.6. The molecule has 1 aromatic heterocycles. The van der Waals surface area contributed by atoms with Crippen LogP contribution in [0.3, 0.4) is 0 Å². The summed E-state index contributed by atoms with van der Waals surface area (Å²) in [5.41, 5.74) is 3.95. The number of rotatable bonds is 7. The number of methoxy groups -OCH3 is 1. The van der Waals surface area contributed by atoms with E-state index in [0.29, 0.717) is 28.4 Å². The lowest BCUT2D eigenvalue weighted by atomic mass is 10.2. The fourth-order valence-electron chi connectivity index (χ4n) is 3.05. The van der Waals surface area contributed by atoms with Gasteiger partial charge in [-0.2, -0.15) is 0 Å². The van der Waals surface area contributed by atoms with E-state index in [9.17, 15) is 4.79 Å². The van der Waals surface area contributed by atoms with Gasteiger partial charge in [-0.1, -0.05) is 25.1 Å². The Morgan fingerprint density at radius 3 is 2.63 bits per heavy atom. The molecule has 4 aromatic rings. The van der Waals surface area contributed by atoms with E-state index < -0.39 is 0 Å². The molecule has 3 aromatic carbocycles. The zero-order valence-electron chi connectivity index (χ0n) is 16.8. The molecule has 0 aliphatic rings. The molecule has 0 unspecified atom stereocenters. The predicted molar refractivity (Wildman–Crippen MR) is 116 cm³/mol. The molecule has 6 heteroatoms. The third kappa shape index (κ3) is 4.43. The van der Waals surface area contributed by atoms with Crippen molar-refractivity contribution in [2.45, 2.75) is 13.3 Å². The van der Waals surface area contributed by atoms with Gasteiger partial charge < -0.3 is 19.2 Å². The van der Waals surface area contributed by atoms with Crippen LogP contribution in [0.5, 0.6) is 11.5 Å². The van der Waals surface area contributed by atoms with Crippen molar-refractivity contribution in [3.8, 4) is 23.0 Å². The van der Waals surface area contributed by atoms with Gasteiger partial charge in [0.2, 0.25) is 5.89 Å². The molecule has 0 fully saturated rings. The Hall–Kier alpha value is -3.80. The molecule has 0 aliphatic carbocycles. The Morgan fingerprint density at radius 1 is 1.03 bits per heavy atom. The van der Waals surface area contributed by atoms with Crippen LogP contribution in [-0.4, -0.2) is 24.6 Å². The van der Waals surface area contributed by atoms with Crippen LogP contribution in [-0.2, 0) is 11.2 Å². The van der Waals surface area contributed by atoms with Gasteiger partial charge in [-0.15, -0.1) is 0 Å². The number of anilines is 1. The number of hydrogen-bond donors (Lipinski definition) is 1. The van der Waals surface area contributed by atoms with Crippen LogP contribution < -0.4 is 14.8 Å². The SMILES string of the molecule is CCc1ccc(OCC(=O)Nc2ccc3nc(-c4cccc(OC)c4)oc3c2)cc1. The van der Waals surface area contributed by atoms with E-state index in [1.54, 1.807) is 19.2 Å². The van der Waals surface area contributed by atoms with E-state index in [1.807, 2.05) is 54.6 Å². The van der Waals surface area contributed by atoms with E-state index >= 15 is 0 Å². The van der Waals surface area contributed by atoms with Crippen LogP contribution in [0.2, 0.25) is 0 Å². The molecule has 1 N–H and O–H groups in total. The zero-order chi connectivity index (χ0) is 20.9. The summed E-state index contributed by atoms with van der Waals surface area (Å²) < 4.78 is 16.7. The standard InChI is InChI=1S/C24H22N2O4/c1-3-16-7-10-19(11-8-16)29-15-23(27)25-18-9-12-21-22(14-18)30-24(26-21)17-5-4-6-20(13-17)28-2/h4-14H,3,15H2,1-2H3,(H,25,27). The molecule has 0 saturated carbocycles. The van der Waals surface area contributed by atoms with Crippen molar-refractivity contribution in [1.29, 1.82) is 0 Å². The first-order valence-electron chi connectivity index (χ1n) is 9.71. The summed E-state index contributed by atoms with van der Waals surface area (Å²) in [6.07, 6.45) is 0.963. The highest BCUT2D eigenvalue weighted by Crippen LogP contribution is 2.28. The second kappa shape index (κ2) is 8.69. The Balaban J connectivity index is 1.43. The Bertz CT molecular complexity index is 1170. The lowest BCUT2D eigenvalue weighted by Gasteiger charge is -2.08. The predicted octanol–water partition coefficient (Wildman–Crippen LogP) is 5.08. The summed E-state index contributed by atoms with van der Waals surface area (Å²) in [5.74, 6) is 1.63. The quantitative estimate of drug-likeness (QED) is 0.466. The van der Waals surface area contributed by atoms with Crippen molar-refractivity contribution < 1.29 is 18.7 Å². The van der Waals surface area contributed by atoms with Gasteiger partial charge in [0, 0.05) is 17.3 Å². The van der Waals surface area contributed by atoms with Crippen molar-refractivity contribution >= 4 is 22.7 Å². The van der Waals surface area contributed by atoms with Crippen LogP contribution in [0.1, 0.15) is 12.5 Å². The summed E-state index contributed by atoms with van der Waals surface area (Å²) >= 11 is 0. The Kier molecular flexibility index (Phi) is 5.66. The molecule has 1 amide bonds. The van der Waals surface area contributed by atoms with Crippen LogP contribution >= 0.6 is 0 Å². The summed E-state index contributed by atoms with van der Waals surface area (Å²) in [5, 5.41) is 2.82. The van der Waals surface area contributed by atoms with Crippen LogP contribution in [0.25, 0.3) is 22.6 Å². The normalized spacial score (nSPS) is 10.7. The van der Waals surface area contributed by atoms with Gasteiger partial charge in [0.25, 0.3) is 5.91 Å². The van der Waals surface area contributed by atoms with E-state index in [0.717, 1.165) is 17.7 Å². The first-order chi connectivity index (χ1) is 14.6. The Labute approximate surface area is 174 Å². The number of hydrogen-bond acceptors (Lipinski definition) is 5. The molecule has 0 saturated heterocycles. The lowest BCUT2D eigenvalue weighted by Crippen LogP contribution is -2.20. The van der Waals surface area contributed by atoms with Crippen LogP contribution in [0.15, 0.2) is 71.1 Å². The monoisotopic (exact) mass is 402 g/mol. The number of fused-ring (bicyclic) bond motifs is 1. The third-order valence-corrected chi connectivity index (χ3v) is 4.69. The smallest absolute Gasteiger partial charge is 0.262 e. The largest absolute Gasteiger partial charge is 0.497 e. The number of nitrogens with zero attached hydrogens (tertiary/aromatic N) is 1. The molecule has 0 atom stereocenters. The van der Waals surface area contributed by atoms with Crippen LogP contribution in [0, 0.1) is 0 Å². The number of aryl methyl sites for hydroxylation is 1. The highest BCUT2D eigenvalue weighted by molar-refractivity contribution is 5.93. The number of carbonyl (C=O) groups is 1. The molecule has 6 nitrogen and oxygen atoms in total. The maximum absolute atomic E-state index is 12.2. The lowest BCUT2D eigenvalue weighted by molar-refractivity contribution is -0.118. The van der Waals surface area contributed by atoms with Gasteiger partial charge in [-0.25, -0.2) is 4.98 Å². The van der Waals surface area contributed by atoms with Crippen molar-refractivity contribution in [3.05, 3.63) is 72.3 Å². The molecule has 1 heterocycles. The van der Waals surface area contributed by atoms with Crippen LogP contribution in [0.4, 0.5) is 5.69 Å². The van der Waals surface area contributed by atoms with E-state index in [2.05, 4.69) is 17.2 Å². The average molecular weight is 402 g/mol. The molecule has 4 rings (SSSR count). The second-order valence-electron chi connectivity index (χ2n) is 6.77. The summed E-state index contributed by atoms with van der Waals surface area (Å²) in [4.78, 5) is 16.8. The van der Waals surface area contributed by atoms with Crippen molar-refractivity contribution in [2.75, 3.05) is 19.0 Å². The number of benzene rings is 3. The van der Waals surface area contributed by atoms with E-state index in [4.69, 9.17) is 13.9 Å². The third-order valence-electron chi connectivity index (χ3n) is 4.69. The van der Waals surface area contributed by atoms with Gasteiger partial charge in [-0.3, -0.25) is 4.79 Å². The number of ether oxygens (including phenoxy) is 2. The molecular weight excluding hydrogens is 380 g/mol. The van der Waals surface area contributed by atoms with Gasteiger partial charge in [0.15, 0.2) is 12.2 Å². The fraction of sp³-hybridized carbons (Fsp3) is 0.167. The molecular formula is C24H22N2O4. The number of aromatic nitrogens is 1. The number of amides is 1. The number of carbonyl (C=O) groups excluding carboxylic acids is 1. The maximum Gasteiger partial charge on any atom is 0.262 e. The van der Waals surface area contributed by atoms with E-state index in [1.165, 1.54) is 5.56 Å². The van der Waals surface area contributed by atoms with Gasteiger partial charge in [-0.05, 0) is 54.4 Å². The minimum Gasteiger partial charge on any atom is -0.497 e. The molecule has 0 bridgehead atoms. The minimum absolute atomic E-state index is 0.0744. The molecule has 152 valence electrons. The highest BCUT2D eigenvalue weighted by atomic mass is 16.5. The molecule has 0 spiro atoms. The molecule has 0 aliphatic heterocycles.